The van der Waals surface area contributed by atoms with Crippen LogP contribution in [-0.4, -0.2) is 15.3 Å². The number of aryl methyl sites for hydroxylation is 1. The van der Waals surface area contributed by atoms with Crippen LogP contribution in [0.15, 0.2) is 23.5 Å². The van der Waals surface area contributed by atoms with Crippen LogP contribution in [0.3, 0.4) is 0 Å². The van der Waals surface area contributed by atoms with E-state index in [2.05, 4.69) is 16.5 Å². The van der Waals surface area contributed by atoms with Crippen molar-refractivity contribution in [1.29, 1.82) is 0 Å². The summed E-state index contributed by atoms with van der Waals surface area (Å²) >= 11 is 0. The van der Waals surface area contributed by atoms with Crippen molar-refractivity contribution in [2.24, 2.45) is 5.92 Å². The summed E-state index contributed by atoms with van der Waals surface area (Å²) in [6.45, 7) is 6.76. The first-order valence-electron chi connectivity index (χ1n) is 5.78. The van der Waals surface area contributed by atoms with Gasteiger partial charge in [-0.2, -0.15) is 0 Å². The number of ketones is 1. The smallest absolute Gasteiger partial charge is 0.163 e. The van der Waals surface area contributed by atoms with Crippen LogP contribution in [0.25, 0.3) is 0 Å². The third-order valence-electron chi connectivity index (χ3n) is 3.59. The molecule has 0 amide bonds. The van der Waals surface area contributed by atoms with E-state index in [1.807, 2.05) is 20.0 Å². The summed E-state index contributed by atoms with van der Waals surface area (Å²) < 4.78 is 2.07. The number of carbonyl (C=O) groups is 1. The van der Waals surface area contributed by atoms with Crippen molar-refractivity contribution in [3.05, 3.63) is 29.4 Å². The van der Waals surface area contributed by atoms with Crippen molar-refractivity contribution in [3.63, 3.8) is 0 Å². The zero-order valence-electron chi connectivity index (χ0n) is 10.2. The van der Waals surface area contributed by atoms with E-state index < -0.39 is 0 Å². The molecule has 0 aliphatic heterocycles. The van der Waals surface area contributed by atoms with E-state index in [4.69, 9.17) is 0 Å². The first-order chi connectivity index (χ1) is 7.59. The van der Waals surface area contributed by atoms with E-state index in [-0.39, 0.29) is 5.92 Å². The van der Waals surface area contributed by atoms with Crippen LogP contribution >= 0.6 is 0 Å². The van der Waals surface area contributed by atoms with Gasteiger partial charge in [-0.3, -0.25) is 4.79 Å². The summed E-state index contributed by atoms with van der Waals surface area (Å²) in [6.07, 6.45) is 5.76. The number of allylic oxidation sites excluding steroid dienone is 2. The summed E-state index contributed by atoms with van der Waals surface area (Å²) in [5, 5.41) is 0. The van der Waals surface area contributed by atoms with Gasteiger partial charge in [-0.1, -0.05) is 5.57 Å². The van der Waals surface area contributed by atoms with Crippen molar-refractivity contribution >= 4 is 5.78 Å². The molecule has 16 heavy (non-hydrogen) atoms. The van der Waals surface area contributed by atoms with Crippen LogP contribution in [0.2, 0.25) is 0 Å². The van der Waals surface area contributed by atoms with Gasteiger partial charge in [0.05, 0.1) is 0 Å². The number of rotatable bonds is 2. The maximum absolute atomic E-state index is 12.1. The summed E-state index contributed by atoms with van der Waals surface area (Å²) in [6, 6.07) is 0. The molecule has 3 nitrogen and oxygen atoms in total. The fourth-order valence-corrected chi connectivity index (χ4v) is 2.23. The minimum atomic E-state index is 0.136. The maximum atomic E-state index is 12.1. The molecule has 1 aliphatic rings. The SMILES string of the molecule is CC1=C(C)C(=O)C(Cn2ccnc2C)CC1. The van der Waals surface area contributed by atoms with Gasteiger partial charge in [-0.25, -0.2) is 4.98 Å². The van der Waals surface area contributed by atoms with Crippen LogP contribution in [-0.2, 0) is 11.3 Å². The van der Waals surface area contributed by atoms with Gasteiger partial charge >= 0.3 is 0 Å². The Balaban J connectivity index is 2.14. The molecule has 3 heteroatoms. The summed E-state index contributed by atoms with van der Waals surface area (Å²) in [5.41, 5.74) is 2.22. The molecule has 1 aromatic heterocycles. The molecule has 0 aromatic carbocycles. The summed E-state index contributed by atoms with van der Waals surface area (Å²) in [5.74, 6) is 1.44. The van der Waals surface area contributed by atoms with Crippen molar-refractivity contribution < 1.29 is 4.79 Å². The number of imidazole rings is 1. The molecule has 86 valence electrons. The molecular formula is C13H18N2O. The number of hydrogen-bond donors (Lipinski definition) is 0. The number of hydrogen-bond acceptors (Lipinski definition) is 2. The molecule has 1 atom stereocenters. The quantitative estimate of drug-likeness (QED) is 0.764. The highest BCUT2D eigenvalue weighted by Gasteiger charge is 2.25. The average molecular weight is 218 g/mol. The Bertz CT molecular complexity index is 443. The number of Topliss-reactive ketones (excluding diaryl/α,β-unsaturated/α-hetero) is 1. The Hall–Kier alpha value is -1.38. The monoisotopic (exact) mass is 218 g/mol. The highest BCUT2D eigenvalue weighted by molar-refractivity contribution is 5.98. The lowest BCUT2D eigenvalue weighted by atomic mass is 9.84. The lowest BCUT2D eigenvalue weighted by molar-refractivity contribution is -0.120. The summed E-state index contributed by atoms with van der Waals surface area (Å²) in [4.78, 5) is 16.3. The largest absolute Gasteiger partial charge is 0.334 e. The fourth-order valence-electron chi connectivity index (χ4n) is 2.23. The second-order valence-electron chi connectivity index (χ2n) is 4.63. The second kappa shape index (κ2) is 4.24. The lowest BCUT2D eigenvalue weighted by Gasteiger charge is -2.23. The van der Waals surface area contributed by atoms with E-state index in [1.54, 1.807) is 6.20 Å². The average Bonchev–Trinajstić information content (AvgIpc) is 2.65. The fraction of sp³-hybridized carbons (Fsp3) is 0.538. The summed E-state index contributed by atoms with van der Waals surface area (Å²) in [7, 11) is 0. The van der Waals surface area contributed by atoms with Crippen LogP contribution in [0.5, 0.6) is 0 Å². The Morgan fingerprint density at radius 3 is 2.81 bits per heavy atom. The molecule has 0 fully saturated rings. The second-order valence-corrected chi connectivity index (χ2v) is 4.63. The molecule has 0 N–H and O–H groups in total. The first-order valence-corrected chi connectivity index (χ1v) is 5.78. The molecule has 2 rings (SSSR count). The molecule has 0 spiro atoms. The predicted octanol–water partition coefficient (Wildman–Crippen LogP) is 2.51. The Kier molecular flexibility index (Phi) is 2.95. The normalized spacial score (nSPS) is 21.7. The van der Waals surface area contributed by atoms with E-state index in [1.165, 1.54) is 5.57 Å². The van der Waals surface area contributed by atoms with Crippen LogP contribution in [0.4, 0.5) is 0 Å². The maximum Gasteiger partial charge on any atom is 0.163 e. The molecule has 0 saturated heterocycles. The van der Waals surface area contributed by atoms with Gasteiger partial charge in [0.1, 0.15) is 5.82 Å². The number of nitrogens with zero attached hydrogens (tertiary/aromatic N) is 2. The third kappa shape index (κ3) is 1.94. The lowest BCUT2D eigenvalue weighted by Crippen LogP contribution is -2.25. The zero-order chi connectivity index (χ0) is 11.7. The molecule has 0 bridgehead atoms. The predicted molar refractivity (Wildman–Crippen MR) is 63.1 cm³/mol. The van der Waals surface area contributed by atoms with Gasteiger partial charge in [0.2, 0.25) is 0 Å². The molecule has 0 saturated carbocycles. The molecule has 1 aliphatic carbocycles. The van der Waals surface area contributed by atoms with Gasteiger partial charge in [0, 0.05) is 24.9 Å². The molecular weight excluding hydrogens is 200 g/mol. The highest BCUT2D eigenvalue weighted by Crippen LogP contribution is 2.27. The topological polar surface area (TPSA) is 34.9 Å². The van der Waals surface area contributed by atoms with Crippen molar-refractivity contribution in [3.8, 4) is 0 Å². The molecule has 0 radical (unpaired) electrons. The van der Waals surface area contributed by atoms with Gasteiger partial charge < -0.3 is 4.57 Å². The van der Waals surface area contributed by atoms with Gasteiger partial charge in [0.15, 0.2) is 5.78 Å². The van der Waals surface area contributed by atoms with Crippen molar-refractivity contribution in [2.45, 2.75) is 40.2 Å². The molecule has 1 aromatic rings. The number of carbonyl (C=O) groups excluding carboxylic acids is 1. The zero-order valence-corrected chi connectivity index (χ0v) is 10.2. The van der Waals surface area contributed by atoms with Crippen LogP contribution in [0, 0.1) is 12.8 Å². The Labute approximate surface area is 96.2 Å². The Morgan fingerprint density at radius 1 is 1.44 bits per heavy atom. The van der Waals surface area contributed by atoms with Gasteiger partial charge in [0.25, 0.3) is 0 Å². The van der Waals surface area contributed by atoms with Crippen LogP contribution in [0.1, 0.15) is 32.5 Å². The highest BCUT2D eigenvalue weighted by atomic mass is 16.1. The van der Waals surface area contributed by atoms with Crippen molar-refractivity contribution in [1.82, 2.24) is 9.55 Å². The molecule has 1 heterocycles. The van der Waals surface area contributed by atoms with E-state index >= 15 is 0 Å². The van der Waals surface area contributed by atoms with Gasteiger partial charge in [-0.15, -0.1) is 0 Å². The Morgan fingerprint density at radius 2 is 2.19 bits per heavy atom. The van der Waals surface area contributed by atoms with E-state index in [0.29, 0.717) is 5.78 Å². The third-order valence-corrected chi connectivity index (χ3v) is 3.59. The number of aromatic nitrogens is 2. The van der Waals surface area contributed by atoms with Gasteiger partial charge in [-0.05, 0) is 39.2 Å². The minimum absolute atomic E-state index is 0.136. The van der Waals surface area contributed by atoms with Crippen molar-refractivity contribution in [2.75, 3.05) is 0 Å². The standard InChI is InChI=1S/C13H18N2O/c1-9-4-5-12(13(16)10(9)2)8-15-7-6-14-11(15)3/h6-7,12H,4-5,8H2,1-3H3. The first kappa shape index (κ1) is 11.1. The minimum Gasteiger partial charge on any atom is -0.334 e. The van der Waals surface area contributed by atoms with E-state index in [0.717, 1.165) is 30.8 Å². The molecule has 1 unspecified atom stereocenters. The van der Waals surface area contributed by atoms with E-state index in [9.17, 15) is 4.79 Å². The van der Waals surface area contributed by atoms with Crippen LogP contribution < -0.4 is 0 Å².